The molecule has 2 aromatic rings. The number of sulfonamides is 1. The third-order valence-corrected chi connectivity index (χ3v) is 4.16. The summed E-state index contributed by atoms with van der Waals surface area (Å²) >= 11 is 0. The van der Waals surface area contributed by atoms with E-state index in [1.807, 2.05) is 0 Å². The Morgan fingerprint density at radius 3 is 2.17 bits per heavy atom. The molecule has 9 heteroatoms. The molecule has 23 heavy (non-hydrogen) atoms. The van der Waals surface area contributed by atoms with E-state index in [1.54, 1.807) is 0 Å². The summed E-state index contributed by atoms with van der Waals surface area (Å²) in [6.45, 7) is 1.41. The van der Waals surface area contributed by atoms with Gasteiger partial charge >= 0.3 is 6.36 Å². The van der Waals surface area contributed by atoms with E-state index in [4.69, 9.17) is 0 Å². The van der Waals surface area contributed by atoms with Gasteiger partial charge in [-0.05, 0) is 55.0 Å². The molecule has 0 aliphatic carbocycles. The minimum absolute atomic E-state index is 0.0431. The zero-order chi connectivity index (χ0) is 17.3. The SMILES string of the molecule is Cc1cc(S(=O)(=O)Nc2ccc(OC(F)(F)F)cc2)ccc1F. The molecule has 0 bridgehead atoms. The van der Waals surface area contributed by atoms with Crippen molar-refractivity contribution in [3.8, 4) is 5.75 Å². The van der Waals surface area contributed by atoms with Gasteiger partial charge in [-0.15, -0.1) is 13.2 Å². The van der Waals surface area contributed by atoms with Gasteiger partial charge in [-0.25, -0.2) is 12.8 Å². The van der Waals surface area contributed by atoms with E-state index in [-0.39, 0.29) is 16.1 Å². The maximum Gasteiger partial charge on any atom is 0.573 e. The highest BCUT2D eigenvalue weighted by Crippen LogP contribution is 2.25. The molecule has 0 saturated carbocycles. The lowest BCUT2D eigenvalue weighted by molar-refractivity contribution is -0.274. The second kappa shape index (κ2) is 6.07. The first kappa shape index (κ1) is 17.1. The zero-order valence-corrected chi connectivity index (χ0v) is 12.5. The van der Waals surface area contributed by atoms with Gasteiger partial charge in [-0.2, -0.15) is 0 Å². The van der Waals surface area contributed by atoms with Crippen LogP contribution < -0.4 is 9.46 Å². The first-order chi connectivity index (χ1) is 10.6. The largest absolute Gasteiger partial charge is 0.573 e. The first-order valence-electron chi connectivity index (χ1n) is 6.22. The van der Waals surface area contributed by atoms with Crippen molar-refractivity contribution >= 4 is 15.7 Å². The number of hydrogen-bond acceptors (Lipinski definition) is 3. The Hall–Kier alpha value is -2.29. The van der Waals surface area contributed by atoms with Crippen LogP contribution in [-0.4, -0.2) is 14.8 Å². The summed E-state index contributed by atoms with van der Waals surface area (Å²) in [6.07, 6.45) is -4.83. The van der Waals surface area contributed by atoms with Gasteiger partial charge in [0.1, 0.15) is 11.6 Å². The van der Waals surface area contributed by atoms with Crippen molar-refractivity contribution in [3.63, 3.8) is 0 Å². The van der Waals surface area contributed by atoms with Gasteiger partial charge < -0.3 is 4.74 Å². The Labute approximate surface area is 129 Å². The Morgan fingerprint density at radius 1 is 1.04 bits per heavy atom. The predicted molar refractivity (Wildman–Crippen MR) is 75.1 cm³/mol. The lowest BCUT2D eigenvalue weighted by Gasteiger charge is -2.11. The third kappa shape index (κ3) is 4.59. The van der Waals surface area contributed by atoms with E-state index in [0.717, 1.165) is 42.5 Å². The number of hydrogen-bond donors (Lipinski definition) is 1. The van der Waals surface area contributed by atoms with Crippen LogP contribution in [0.1, 0.15) is 5.56 Å². The van der Waals surface area contributed by atoms with Crippen LogP contribution in [0, 0.1) is 12.7 Å². The first-order valence-corrected chi connectivity index (χ1v) is 7.70. The van der Waals surface area contributed by atoms with Gasteiger partial charge in [0.15, 0.2) is 0 Å². The minimum atomic E-state index is -4.83. The summed E-state index contributed by atoms with van der Waals surface area (Å²) in [5.41, 5.74) is 0.198. The highest BCUT2D eigenvalue weighted by atomic mass is 32.2. The Bertz CT molecular complexity index is 802. The fraction of sp³-hybridized carbons (Fsp3) is 0.143. The van der Waals surface area contributed by atoms with Gasteiger partial charge in [0.05, 0.1) is 4.90 Å². The Kier molecular flexibility index (Phi) is 4.51. The minimum Gasteiger partial charge on any atom is -0.406 e. The van der Waals surface area contributed by atoms with Gasteiger partial charge in [0, 0.05) is 5.69 Å². The van der Waals surface area contributed by atoms with Crippen LogP contribution in [0.25, 0.3) is 0 Å². The average molecular weight is 349 g/mol. The van der Waals surface area contributed by atoms with Gasteiger partial charge in [0.25, 0.3) is 10.0 Å². The molecule has 0 fully saturated rings. The van der Waals surface area contributed by atoms with E-state index in [1.165, 1.54) is 6.92 Å². The molecule has 0 unspecified atom stereocenters. The fourth-order valence-electron chi connectivity index (χ4n) is 1.72. The number of rotatable bonds is 4. The quantitative estimate of drug-likeness (QED) is 0.854. The monoisotopic (exact) mass is 349 g/mol. The van der Waals surface area contributed by atoms with Crippen molar-refractivity contribution in [3.05, 3.63) is 53.8 Å². The average Bonchev–Trinajstić information content (AvgIpc) is 2.42. The van der Waals surface area contributed by atoms with Crippen LogP contribution in [0.15, 0.2) is 47.4 Å². The van der Waals surface area contributed by atoms with Crippen LogP contribution in [-0.2, 0) is 10.0 Å². The zero-order valence-electron chi connectivity index (χ0n) is 11.7. The fourth-order valence-corrected chi connectivity index (χ4v) is 2.87. The van der Waals surface area contributed by atoms with Crippen molar-refractivity contribution in [1.29, 1.82) is 0 Å². The van der Waals surface area contributed by atoms with E-state index in [0.29, 0.717) is 0 Å². The molecule has 4 nitrogen and oxygen atoms in total. The van der Waals surface area contributed by atoms with Crippen LogP contribution in [0.2, 0.25) is 0 Å². The van der Waals surface area contributed by atoms with Crippen LogP contribution in [0.4, 0.5) is 23.2 Å². The highest BCUT2D eigenvalue weighted by molar-refractivity contribution is 7.92. The van der Waals surface area contributed by atoms with Crippen molar-refractivity contribution in [2.45, 2.75) is 18.2 Å². The predicted octanol–water partition coefficient (Wildman–Crippen LogP) is 3.83. The summed E-state index contributed by atoms with van der Waals surface area (Å²) in [5.74, 6) is -1.02. The molecule has 0 aliphatic heterocycles. The number of halogens is 4. The van der Waals surface area contributed by atoms with Crippen molar-refractivity contribution < 1.29 is 30.7 Å². The summed E-state index contributed by atoms with van der Waals surface area (Å²) in [7, 11) is -3.98. The van der Waals surface area contributed by atoms with E-state index < -0.39 is 28.0 Å². The Balaban J connectivity index is 2.19. The van der Waals surface area contributed by atoms with Crippen molar-refractivity contribution in [2.75, 3.05) is 4.72 Å². The molecular formula is C14H11F4NO3S. The normalized spacial score (nSPS) is 12.0. The maximum absolute atomic E-state index is 13.2. The smallest absolute Gasteiger partial charge is 0.406 e. The molecule has 0 heterocycles. The van der Waals surface area contributed by atoms with Crippen LogP contribution >= 0.6 is 0 Å². The lowest BCUT2D eigenvalue weighted by atomic mass is 10.2. The number of anilines is 1. The summed E-state index contributed by atoms with van der Waals surface area (Å²) in [6, 6.07) is 7.45. The van der Waals surface area contributed by atoms with Crippen LogP contribution in [0.3, 0.4) is 0 Å². The molecule has 0 saturated heterocycles. The van der Waals surface area contributed by atoms with Gasteiger partial charge in [0.2, 0.25) is 0 Å². The standard InChI is InChI=1S/C14H11F4NO3S/c1-9-8-12(6-7-13(9)15)23(20,21)19-10-2-4-11(5-3-10)22-14(16,17)18/h2-8,19H,1H3. The highest BCUT2D eigenvalue weighted by Gasteiger charge is 2.31. The summed E-state index contributed by atoms with van der Waals surface area (Å²) < 4.78 is 79.4. The second-order valence-electron chi connectivity index (χ2n) is 4.59. The molecule has 0 aliphatic rings. The third-order valence-electron chi connectivity index (χ3n) is 2.78. The molecule has 0 atom stereocenters. The maximum atomic E-state index is 13.2. The number of aryl methyl sites for hydroxylation is 1. The molecule has 0 spiro atoms. The Morgan fingerprint density at radius 2 is 1.65 bits per heavy atom. The van der Waals surface area contributed by atoms with E-state index in [9.17, 15) is 26.0 Å². The van der Waals surface area contributed by atoms with E-state index in [2.05, 4.69) is 9.46 Å². The number of benzene rings is 2. The van der Waals surface area contributed by atoms with Crippen molar-refractivity contribution in [2.24, 2.45) is 0 Å². The molecule has 124 valence electrons. The number of nitrogens with one attached hydrogen (secondary N) is 1. The topological polar surface area (TPSA) is 55.4 Å². The lowest BCUT2D eigenvalue weighted by Crippen LogP contribution is -2.17. The van der Waals surface area contributed by atoms with Crippen LogP contribution in [0.5, 0.6) is 5.75 Å². The number of ether oxygens (including phenoxy) is 1. The van der Waals surface area contributed by atoms with Gasteiger partial charge in [-0.1, -0.05) is 0 Å². The van der Waals surface area contributed by atoms with Crippen molar-refractivity contribution in [1.82, 2.24) is 0 Å². The molecule has 0 radical (unpaired) electrons. The molecule has 0 aromatic heterocycles. The molecular weight excluding hydrogens is 338 g/mol. The molecule has 2 rings (SSSR count). The van der Waals surface area contributed by atoms with Gasteiger partial charge in [-0.3, -0.25) is 4.72 Å². The second-order valence-corrected chi connectivity index (χ2v) is 6.27. The summed E-state index contributed by atoms with van der Waals surface area (Å²) in [4.78, 5) is -0.160. The molecule has 0 amide bonds. The molecule has 1 N–H and O–H groups in total. The molecule has 2 aromatic carbocycles. The number of alkyl halides is 3. The summed E-state index contributed by atoms with van der Waals surface area (Å²) in [5, 5.41) is 0. The van der Waals surface area contributed by atoms with E-state index >= 15 is 0 Å².